The van der Waals surface area contributed by atoms with E-state index in [9.17, 15) is 17.6 Å². The molecule has 0 bridgehead atoms. The van der Waals surface area contributed by atoms with Gasteiger partial charge in [-0.3, -0.25) is 4.98 Å². The molecule has 2 N–H and O–H groups in total. The molecular formula is C20H14ClF4N5. The number of aromatic amines is 1. The van der Waals surface area contributed by atoms with Crippen LogP contribution in [0.5, 0.6) is 0 Å². The Hall–Kier alpha value is -3.20. The van der Waals surface area contributed by atoms with E-state index in [0.29, 0.717) is 28.2 Å². The first kappa shape index (κ1) is 20.1. The number of pyridine rings is 3. The van der Waals surface area contributed by atoms with Gasteiger partial charge in [-0.25, -0.2) is 9.97 Å². The third-order valence-electron chi connectivity index (χ3n) is 4.48. The number of aromatic nitrogens is 4. The van der Waals surface area contributed by atoms with Crippen LogP contribution in [-0.2, 0) is 19.1 Å². The molecule has 0 fully saturated rings. The summed E-state index contributed by atoms with van der Waals surface area (Å²) in [5.41, 5.74) is 1.42. The molecule has 4 rings (SSSR count). The van der Waals surface area contributed by atoms with E-state index in [1.54, 1.807) is 24.4 Å². The lowest BCUT2D eigenvalue weighted by atomic mass is 10.1. The second-order valence-corrected chi connectivity index (χ2v) is 7.03. The van der Waals surface area contributed by atoms with Gasteiger partial charge in [0.2, 0.25) is 5.95 Å². The minimum absolute atomic E-state index is 0.156. The van der Waals surface area contributed by atoms with Crippen molar-refractivity contribution >= 4 is 28.5 Å². The van der Waals surface area contributed by atoms with E-state index in [4.69, 9.17) is 11.6 Å². The number of alkyl halides is 3. The van der Waals surface area contributed by atoms with Gasteiger partial charge in [-0.2, -0.15) is 17.6 Å². The number of halogens is 5. The summed E-state index contributed by atoms with van der Waals surface area (Å²) in [4.78, 5) is 14.5. The number of nitrogens with one attached hydrogen (secondary N) is 2. The number of hydrogen-bond acceptors (Lipinski definition) is 4. The first-order valence-corrected chi connectivity index (χ1v) is 9.20. The molecule has 0 aromatic carbocycles. The number of hydrogen-bond donors (Lipinski definition) is 2. The molecule has 4 aromatic rings. The zero-order valence-corrected chi connectivity index (χ0v) is 16.0. The van der Waals surface area contributed by atoms with Crippen molar-refractivity contribution in [3.63, 3.8) is 0 Å². The normalized spacial score (nSPS) is 11.8. The highest BCUT2D eigenvalue weighted by Gasteiger charge is 2.31. The number of fused-ring (bicyclic) bond motifs is 1. The molecule has 4 aromatic heterocycles. The summed E-state index contributed by atoms with van der Waals surface area (Å²) >= 11 is 5.99. The molecule has 0 amide bonds. The highest BCUT2D eigenvalue weighted by atomic mass is 35.5. The number of rotatable bonds is 5. The third-order valence-corrected chi connectivity index (χ3v) is 4.69. The number of anilines is 1. The molecule has 0 saturated heterocycles. The highest BCUT2D eigenvalue weighted by Crippen LogP contribution is 2.27. The summed E-state index contributed by atoms with van der Waals surface area (Å²) in [6.45, 7) is 0.156. The largest absolute Gasteiger partial charge is 0.433 e. The van der Waals surface area contributed by atoms with Gasteiger partial charge in [0.05, 0.1) is 5.02 Å². The molecule has 0 aliphatic carbocycles. The summed E-state index contributed by atoms with van der Waals surface area (Å²) in [7, 11) is 0. The van der Waals surface area contributed by atoms with E-state index in [1.165, 1.54) is 12.3 Å². The molecule has 0 atom stereocenters. The maximum Gasteiger partial charge on any atom is 0.433 e. The van der Waals surface area contributed by atoms with Crippen molar-refractivity contribution in [2.45, 2.75) is 19.1 Å². The quantitative estimate of drug-likeness (QED) is 0.327. The van der Waals surface area contributed by atoms with Gasteiger partial charge in [-0.1, -0.05) is 23.7 Å². The van der Waals surface area contributed by atoms with Crippen LogP contribution in [0.25, 0.3) is 11.0 Å². The lowest BCUT2D eigenvalue weighted by molar-refractivity contribution is -0.141. The monoisotopic (exact) mass is 435 g/mol. The molecule has 30 heavy (non-hydrogen) atoms. The third kappa shape index (κ3) is 4.35. The summed E-state index contributed by atoms with van der Waals surface area (Å²) in [5.74, 6) is -0.380. The fourth-order valence-electron chi connectivity index (χ4n) is 2.97. The molecule has 4 heterocycles. The van der Waals surface area contributed by atoms with Crippen LogP contribution in [0.4, 0.5) is 23.4 Å². The molecule has 154 valence electrons. The zero-order chi connectivity index (χ0) is 21.3. The molecule has 10 heteroatoms. The fourth-order valence-corrected chi connectivity index (χ4v) is 3.12. The maximum absolute atomic E-state index is 14.5. The Morgan fingerprint density at radius 2 is 1.87 bits per heavy atom. The van der Waals surface area contributed by atoms with Gasteiger partial charge in [0, 0.05) is 42.5 Å². The Kier molecular flexibility index (Phi) is 5.29. The van der Waals surface area contributed by atoms with E-state index in [0.717, 1.165) is 23.2 Å². The van der Waals surface area contributed by atoms with Gasteiger partial charge in [0.25, 0.3) is 0 Å². The second-order valence-electron chi connectivity index (χ2n) is 6.59. The molecule has 0 unspecified atom stereocenters. The van der Waals surface area contributed by atoms with Gasteiger partial charge < -0.3 is 10.3 Å². The average Bonchev–Trinajstić information content (AvgIpc) is 3.10. The lowest BCUT2D eigenvalue weighted by Gasteiger charge is -2.09. The first-order valence-electron chi connectivity index (χ1n) is 8.82. The Labute approximate surface area is 173 Å². The van der Waals surface area contributed by atoms with E-state index >= 15 is 0 Å². The summed E-state index contributed by atoms with van der Waals surface area (Å²) < 4.78 is 52.1. The molecule has 0 aliphatic rings. The Morgan fingerprint density at radius 3 is 2.57 bits per heavy atom. The predicted molar refractivity (Wildman–Crippen MR) is 105 cm³/mol. The van der Waals surface area contributed by atoms with Crippen LogP contribution in [0.3, 0.4) is 0 Å². The van der Waals surface area contributed by atoms with Gasteiger partial charge in [-0.15, -0.1) is 0 Å². The maximum atomic E-state index is 14.5. The van der Waals surface area contributed by atoms with Crippen LogP contribution in [0.15, 0.2) is 48.9 Å². The molecule has 0 aliphatic heterocycles. The van der Waals surface area contributed by atoms with Crippen LogP contribution in [0.1, 0.15) is 22.4 Å². The van der Waals surface area contributed by atoms with E-state index in [1.807, 2.05) is 0 Å². The van der Waals surface area contributed by atoms with Crippen LogP contribution >= 0.6 is 11.6 Å². The van der Waals surface area contributed by atoms with Crippen LogP contribution in [0.2, 0.25) is 5.02 Å². The van der Waals surface area contributed by atoms with Crippen molar-refractivity contribution in [3.8, 4) is 0 Å². The van der Waals surface area contributed by atoms with E-state index in [2.05, 4.69) is 25.3 Å². The van der Waals surface area contributed by atoms with Crippen molar-refractivity contribution in [2.75, 3.05) is 5.32 Å². The fraction of sp³-hybridized carbons (Fsp3) is 0.150. The van der Waals surface area contributed by atoms with Crippen LogP contribution < -0.4 is 5.32 Å². The predicted octanol–water partition coefficient (Wildman–Crippen LogP) is 5.37. The minimum Gasteiger partial charge on any atom is -0.366 e. The van der Waals surface area contributed by atoms with Crippen LogP contribution in [-0.4, -0.2) is 19.9 Å². The molecule has 5 nitrogen and oxygen atoms in total. The summed E-state index contributed by atoms with van der Waals surface area (Å²) in [6.07, 6.45) is 0.204. The average molecular weight is 436 g/mol. The molecule has 0 saturated carbocycles. The lowest BCUT2D eigenvalue weighted by Crippen LogP contribution is -2.09. The summed E-state index contributed by atoms with van der Waals surface area (Å²) in [5, 5.41) is 4.17. The zero-order valence-electron chi connectivity index (χ0n) is 15.3. The Balaban J connectivity index is 1.44. The van der Waals surface area contributed by atoms with Gasteiger partial charge in [-0.05, 0) is 29.3 Å². The first-order chi connectivity index (χ1) is 14.3. The highest BCUT2D eigenvalue weighted by molar-refractivity contribution is 6.31. The van der Waals surface area contributed by atoms with Crippen molar-refractivity contribution in [3.05, 3.63) is 82.3 Å². The number of H-pyrrole nitrogens is 1. The minimum atomic E-state index is -4.49. The second kappa shape index (κ2) is 7.91. The van der Waals surface area contributed by atoms with Crippen LogP contribution in [0, 0.1) is 5.95 Å². The van der Waals surface area contributed by atoms with Gasteiger partial charge in [0.15, 0.2) is 0 Å². The van der Waals surface area contributed by atoms with Crippen molar-refractivity contribution < 1.29 is 17.6 Å². The molecular weight excluding hydrogens is 422 g/mol. The van der Waals surface area contributed by atoms with Crippen molar-refractivity contribution in [1.82, 2.24) is 19.9 Å². The smallest absolute Gasteiger partial charge is 0.366 e. The van der Waals surface area contributed by atoms with Gasteiger partial charge in [0.1, 0.15) is 17.2 Å². The summed E-state index contributed by atoms with van der Waals surface area (Å²) in [6, 6.07) is 7.18. The standard InChI is InChI=1S/C20H14ClF4N5/c21-14-6-15-13(9-28-19(15)29-10-14)5-12-2-4-17(30-18(12)22)27-8-11-1-3-16(26-7-11)20(23,24)25/h1-4,6-7,9-10H,5,8H2,(H,27,30)(H,28,29). The Bertz CT molecular complexity index is 1190. The van der Waals surface area contributed by atoms with E-state index < -0.39 is 17.8 Å². The molecule has 0 radical (unpaired) electrons. The van der Waals surface area contributed by atoms with Crippen molar-refractivity contribution in [2.24, 2.45) is 0 Å². The SMILES string of the molecule is Fc1nc(NCc2ccc(C(F)(F)F)nc2)ccc1Cc1c[nH]c2ncc(Cl)cc12. The van der Waals surface area contributed by atoms with E-state index in [-0.39, 0.29) is 12.4 Å². The van der Waals surface area contributed by atoms with Gasteiger partial charge >= 0.3 is 6.18 Å². The Morgan fingerprint density at radius 1 is 1.03 bits per heavy atom. The topological polar surface area (TPSA) is 66.5 Å². The van der Waals surface area contributed by atoms with Crippen molar-refractivity contribution in [1.29, 1.82) is 0 Å². The number of nitrogens with zero attached hydrogens (tertiary/aromatic N) is 3. The molecule has 0 spiro atoms.